The highest BCUT2D eigenvalue weighted by Gasteiger charge is 1.97. The van der Waals surface area contributed by atoms with Gasteiger partial charge in [0.1, 0.15) is 0 Å². The van der Waals surface area contributed by atoms with Gasteiger partial charge in [-0.1, -0.05) is 18.2 Å². The van der Waals surface area contributed by atoms with Crippen LogP contribution in [0.5, 0.6) is 0 Å². The summed E-state index contributed by atoms with van der Waals surface area (Å²) in [4.78, 5) is 0. The van der Waals surface area contributed by atoms with E-state index in [1.807, 2.05) is 18.2 Å². The molecule has 0 atom stereocenters. The van der Waals surface area contributed by atoms with Gasteiger partial charge in [-0.3, -0.25) is 0 Å². The van der Waals surface area contributed by atoms with Crippen molar-refractivity contribution in [1.29, 1.82) is 0 Å². The van der Waals surface area contributed by atoms with Gasteiger partial charge in [-0.15, -0.1) is 0 Å². The zero-order valence-electron chi connectivity index (χ0n) is 6.51. The number of nitrogens with two attached hydrogens (primary N) is 2. The Bertz CT molecular complexity index is 243. The lowest BCUT2D eigenvalue weighted by atomic mass is 10.0. The highest BCUT2D eigenvalue weighted by Crippen LogP contribution is 2.09. The van der Waals surface area contributed by atoms with Gasteiger partial charge in [0.2, 0.25) is 0 Å². The Hall–Kier alpha value is -0.860. The van der Waals surface area contributed by atoms with Gasteiger partial charge in [0, 0.05) is 13.1 Å². The molecule has 0 fully saturated rings. The molecule has 59 valence electrons. The minimum Gasteiger partial charge on any atom is -0.326 e. The summed E-state index contributed by atoms with van der Waals surface area (Å²) in [6.45, 7) is 4.89. The van der Waals surface area contributed by atoms with Gasteiger partial charge in [-0.2, -0.15) is 0 Å². The van der Waals surface area contributed by atoms with Crippen LogP contribution in [0.4, 0.5) is 0 Å². The van der Waals surface area contributed by atoms with E-state index in [1.165, 1.54) is 0 Å². The molecule has 2 nitrogen and oxygen atoms in total. The first-order chi connectivity index (χ1) is 5.27. The second-order valence-corrected chi connectivity index (χ2v) is 2.51. The average Bonchev–Trinajstić information content (AvgIpc) is 2.04. The van der Waals surface area contributed by atoms with Crippen LogP contribution >= 0.6 is 0 Å². The van der Waals surface area contributed by atoms with E-state index in [1.54, 1.807) is 0 Å². The van der Waals surface area contributed by atoms with Crippen LogP contribution < -0.4 is 11.5 Å². The lowest BCUT2D eigenvalue weighted by Crippen LogP contribution is -2.05. The Morgan fingerprint density at radius 3 is 2.27 bits per heavy atom. The molecule has 0 saturated heterocycles. The predicted octanol–water partition coefficient (Wildman–Crippen LogP) is 0.786. The molecular formula is C9H13N2. The first kappa shape index (κ1) is 8.24. The standard InChI is InChI=1S/C9H13N2/c1-7-2-3-8(5-10)9(4-7)6-11/h2-4H,1,5-6,10-11H2. The van der Waals surface area contributed by atoms with Crippen molar-refractivity contribution in [2.45, 2.75) is 13.1 Å². The van der Waals surface area contributed by atoms with Crippen molar-refractivity contribution in [3.63, 3.8) is 0 Å². The smallest absolute Gasteiger partial charge is 0.0181 e. The van der Waals surface area contributed by atoms with Gasteiger partial charge < -0.3 is 11.5 Å². The molecule has 0 unspecified atom stereocenters. The van der Waals surface area contributed by atoms with Crippen LogP contribution in [0, 0.1) is 6.92 Å². The van der Waals surface area contributed by atoms with Crippen LogP contribution in [0.25, 0.3) is 0 Å². The molecule has 1 aromatic rings. The monoisotopic (exact) mass is 149 g/mol. The largest absolute Gasteiger partial charge is 0.326 e. The van der Waals surface area contributed by atoms with Crippen LogP contribution in [0.15, 0.2) is 18.2 Å². The van der Waals surface area contributed by atoms with Gasteiger partial charge >= 0.3 is 0 Å². The van der Waals surface area contributed by atoms with Crippen LogP contribution in [0.2, 0.25) is 0 Å². The fourth-order valence-electron chi connectivity index (χ4n) is 1.07. The first-order valence-corrected chi connectivity index (χ1v) is 3.62. The molecule has 0 spiro atoms. The highest BCUT2D eigenvalue weighted by atomic mass is 14.6. The lowest BCUT2D eigenvalue weighted by Gasteiger charge is -2.05. The number of benzene rings is 1. The molecule has 4 N–H and O–H groups in total. The molecule has 0 amide bonds. The van der Waals surface area contributed by atoms with E-state index < -0.39 is 0 Å². The normalized spacial score (nSPS) is 10.1. The predicted molar refractivity (Wildman–Crippen MR) is 46.7 cm³/mol. The molecule has 11 heavy (non-hydrogen) atoms. The Morgan fingerprint density at radius 1 is 1.09 bits per heavy atom. The SMILES string of the molecule is [CH2]c1ccc(CN)c(CN)c1. The third-order valence-electron chi connectivity index (χ3n) is 1.71. The summed E-state index contributed by atoms with van der Waals surface area (Å²) >= 11 is 0. The maximum atomic E-state index is 5.51. The molecule has 0 aromatic heterocycles. The molecule has 1 rings (SSSR count). The van der Waals surface area contributed by atoms with Crippen LogP contribution in [0.3, 0.4) is 0 Å². The second-order valence-electron chi connectivity index (χ2n) is 2.51. The molecular weight excluding hydrogens is 136 g/mol. The minimum atomic E-state index is 0.538. The Labute approximate surface area is 67.2 Å². The van der Waals surface area contributed by atoms with Crippen molar-refractivity contribution in [2.75, 3.05) is 0 Å². The second kappa shape index (κ2) is 3.51. The molecule has 1 radical (unpaired) electrons. The molecule has 2 heteroatoms. The fourth-order valence-corrected chi connectivity index (χ4v) is 1.07. The third kappa shape index (κ3) is 1.79. The summed E-state index contributed by atoms with van der Waals surface area (Å²) in [6.07, 6.45) is 0. The van der Waals surface area contributed by atoms with E-state index >= 15 is 0 Å². The van der Waals surface area contributed by atoms with E-state index in [0.717, 1.165) is 16.7 Å². The molecule has 0 bridgehead atoms. The Morgan fingerprint density at radius 2 is 1.73 bits per heavy atom. The van der Waals surface area contributed by atoms with Crippen molar-refractivity contribution in [2.24, 2.45) is 11.5 Å². The van der Waals surface area contributed by atoms with Gasteiger partial charge in [0.05, 0.1) is 0 Å². The number of hydrogen-bond acceptors (Lipinski definition) is 2. The van der Waals surface area contributed by atoms with Crippen LogP contribution in [-0.2, 0) is 13.1 Å². The molecule has 0 aliphatic heterocycles. The van der Waals surface area contributed by atoms with Crippen LogP contribution in [-0.4, -0.2) is 0 Å². The third-order valence-corrected chi connectivity index (χ3v) is 1.71. The van der Waals surface area contributed by atoms with Crippen molar-refractivity contribution >= 4 is 0 Å². The topological polar surface area (TPSA) is 52.0 Å². The molecule has 1 aromatic carbocycles. The lowest BCUT2D eigenvalue weighted by molar-refractivity contribution is 0.978. The van der Waals surface area contributed by atoms with E-state index in [9.17, 15) is 0 Å². The van der Waals surface area contributed by atoms with Gasteiger partial charge in [-0.05, 0) is 23.6 Å². The number of rotatable bonds is 2. The van der Waals surface area contributed by atoms with Crippen molar-refractivity contribution in [3.05, 3.63) is 41.8 Å². The minimum absolute atomic E-state index is 0.538. The number of hydrogen-bond donors (Lipinski definition) is 2. The van der Waals surface area contributed by atoms with Gasteiger partial charge in [0.25, 0.3) is 0 Å². The van der Waals surface area contributed by atoms with Crippen molar-refractivity contribution in [1.82, 2.24) is 0 Å². The summed E-state index contributed by atoms with van der Waals surface area (Å²) in [5.41, 5.74) is 14.2. The van der Waals surface area contributed by atoms with Crippen molar-refractivity contribution in [3.8, 4) is 0 Å². The zero-order chi connectivity index (χ0) is 8.27. The quantitative estimate of drug-likeness (QED) is 0.653. The molecule has 0 aliphatic rings. The van der Waals surface area contributed by atoms with E-state index in [4.69, 9.17) is 11.5 Å². The summed E-state index contributed by atoms with van der Waals surface area (Å²) in [6, 6.07) is 5.90. The Balaban J connectivity index is 3.06. The van der Waals surface area contributed by atoms with Gasteiger partial charge in [0.15, 0.2) is 0 Å². The first-order valence-electron chi connectivity index (χ1n) is 3.62. The summed E-state index contributed by atoms with van der Waals surface area (Å²) in [5, 5.41) is 0. The summed E-state index contributed by atoms with van der Waals surface area (Å²) < 4.78 is 0. The zero-order valence-corrected chi connectivity index (χ0v) is 6.51. The maximum absolute atomic E-state index is 5.51. The van der Waals surface area contributed by atoms with E-state index in [2.05, 4.69) is 6.92 Å². The highest BCUT2D eigenvalue weighted by molar-refractivity contribution is 5.33. The van der Waals surface area contributed by atoms with E-state index in [-0.39, 0.29) is 0 Å². The Kier molecular flexibility index (Phi) is 2.63. The molecule has 0 saturated carbocycles. The molecule has 0 heterocycles. The average molecular weight is 149 g/mol. The van der Waals surface area contributed by atoms with Crippen molar-refractivity contribution < 1.29 is 0 Å². The van der Waals surface area contributed by atoms with Gasteiger partial charge in [-0.25, -0.2) is 0 Å². The summed E-state index contributed by atoms with van der Waals surface area (Å²) in [5.74, 6) is 0. The van der Waals surface area contributed by atoms with E-state index in [0.29, 0.717) is 13.1 Å². The maximum Gasteiger partial charge on any atom is 0.0181 e. The summed E-state index contributed by atoms with van der Waals surface area (Å²) in [7, 11) is 0. The van der Waals surface area contributed by atoms with Crippen LogP contribution in [0.1, 0.15) is 16.7 Å². The fraction of sp³-hybridized carbons (Fsp3) is 0.222. The molecule has 0 aliphatic carbocycles.